The van der Waals surface area contributed by atoms with Crippen molar-refractivity contribution in [3.8, 4) is 0 Å². The smallest absolute Gasteiger partial charge is 0.253 e. The van der Waals surface area contributed by atoms with Crippen LogP contribution in [0.25, 0.3) is 0 Å². The van der Waals surface area contributed by atoms with Gasteiger partial charge in [-0.2, -0.15) is 0 Å². The number of anilines is 1. The summed E-state index contributed by atoms with van der Waals surface area (Å²) in [5.74, 6) is -0.0429. The van der Waals surface area contributed by atoms with Gasteiger partial charge in [-0.15, -0.1) is 0 Å². The number of benzene rings is 3. The van der Waals surface area contributed by atoms with Gasteiger partial charge in [-0.05, 0) is 36.2 Å². The molecule has 0 radical (unpaired) electrons. The van der Waals surface area contributed by atoms with E-state index in [0.717, 1.165) is 18.7 Å². The average Bonchev–Trinajstić information content (AvgIpc) is 3.35. The second-order valence-corrected chi connectivity index (χ2v) is 9.30. The molecule has 0 N–H and O–H groups in total. The third kappa shape index (κ3) is 4.43. The molecule has 3 aromatic rings. The molecule has 174 valence electrons. The molecule has 3 aromatic carbocycles. The maximum Gasteiger partial charge on any atom is 0.253 e. The van der Waals surface area contributed by atoms with Gasteiger partial charge in [-0.25, -0.2) is 0 Å². The normalized spacial score (nSPS) is 20.4. The minimum absolute atomic E-state index is 0.00111. The van der Waals surface area contributed by atoms with Gasteiger partial charge in [0.05, 0.1) is 5.92 Å². The van der Waals surface area contributed by atoms with Crippen LogP contribution in [0.2, 0.25) is 0 Å². The summed E-state index contributed by atoms with van der Waals surface area (Å²) in [6, 6.07) is 28.0. The molecule has 5 heteroatoms. The number of rotatable bonds is 4. The van der Waals surface area contributed by atoms with Gasteiger partial charge < -0.3 is 14.7 Å². The van der Waals surface area contributed by atoms with E-state index in [0.29, 0.717) is 31.7 Å². The second-order valence-electron chi connectivity index (χ2n) is 9.30. The van der Waals surface area contributed by atoms with E-state index >= 15 is 0 Å². The van der Waals surface area contributed by atoms with Gasteiger partial charge in [0.25, 0.3) is 5.91 Å². The molecule has 5 rings (SSSR count). The van der Waals surface area contributed by atoms with Crippen molar-refractivity contribution in [2.45, 2.75) is 12.8 Å². The van der Waals surface area contributed by atoms with Crippen molar-refractivity contribution in [2.24, 2.45) is 5.92 Å². The fourth-order valence-corrected chi connectivity index (χ4v) is 5.34. The number of amides is 2. The number of nitrogens with zero attached hydrogens (tertiary/aromatic N) is 3. The predicted octanol–water partition coefficient (Wildman–Crippen LogP) is 4.20. The zero-order valence-electron chi connectivity index (χ0n) is 19.6. The number of hydrogen-bond donors (Lipinski definition) is 0. The summed E-state index contributed by atoms with van der Waals surface area (Å²) in [5, 5.41) is 0. The number of likely N-dealkylation sites (tertiary alicyclic amines) is 1. The van der Waals surface area contributed by atoms with Gasteiger partial charge in [-0.1, -0.05) is 66.7 Å². The van der Waals surface area contributed by atoms with Gasteiger partial charge in [0.1, 0.15) is 0 Å². The minimum atomic E-state index is -0.222. The molecule has 0 aliphatic carbocycles. The van der Waals surface area contributed by atoms with Crippen molar-refractivity contribution in [3.05, 3.63) is 102 Å². The molecule has 2 atom stereocenters. The van der Waals surface area contributed by atoms with E-state index in [-0.39, 0.29) is 23.7 Å². The molecule has 2 fully saturated rings. The van der Waals surface area contributed by atoms with Crippen molar-refractivity contribution in [3.63, 3.8) is 0 Å². The Morgan fingerprint density at radius 3 is 2.00 bits per heavy atom. The van der Waals surface area contributed by atoms with Crippen molar-refractivity contribution in [2.75, 3.05) is 44.2 Å². The van der Waals surface area contributed by atoms with Crippen LogP contribution in [0, 0.1) is 12.8 Å². The number of hydrogen-bond acceptors (Lipinski definition) is 3. The first kappa shape index (κ1) is 22.2. The van der Waals surface area contributed by atoms with E-state index in [9.17, 15) is 9.59 Å². The standard InChI is InChI=1S/C29H31N3O2/c1-22-10-8-9-15-27(22)30-16-18-31(19-17-30)29(34)26-21-32(28(33)24-13-6-3-7-14-24)20-25(26)23-11-4-2-5-12-23/h2-15,25-26H,16-21H2,1H3. The van der Waals surface area contributed by atoms with E-state index in [1.807, 2.05) is 58.3 Å². The highest BCUT2D eigenvalue weighted by molar-refractivity contribution is 5.95. The molecule has 2 aliphatic heterocycles. The summed E-state index contributed by atoms with van der Waals surface area (Å²) in [6.45, 7) is 6.23. The van der Waals surface area contributed by atoms with E-state index in [2.05, 4.69) is 48.2 Å². The summed E-state index contributed by atoms with van der Waals surface area (Å²) in [4.78, 5) is 33.2. The Labute approximate surface area is 201 Å². The molecule has 34 heavy (non-hydrogen) atoms. The van der Waals surface area contributed by atoms with Gasteiger partial charge in [-0.3, -0.25) is 9.59 Å². The topological polar surface area (TPSA) is 43.9 Å². The molecule has 2 aliphatic rings. The zero-order chi connectivity index (χ0) is 23.5. The van der Waals surface area contributed by atoms with Crippen molar-refractivity contribution >= 4 is 17.5 Å². The highest BCUT2D eigenvalue weighted by Gasteiger charge is 2.42. The molecule has 0 spiro atoms. The Kier molecular flexibility index (Phi) is 6.35. The molecule has 2 unspecified atom stereocenters. The minimum Gasteiger partial charge on any atom is -0.368 e. The van der Waals surface area contributed by atoms with Crippen molar-refractivity contribution in [1.29, 1.82) is 0 Å². The lowest BCUT2D eigenvalue weighted by Gasteiger charge is -2.38. The molecule has 0 aromatic heterocycles. The Bertz CT molecular complexity index is 1140. The first-order chi connectivity index (χ1) is 16.6. The lowest BCUT2D eigenvalue weighted by Crippen LogP contribution is -2.51. The summed E-state index contributed by atoms with van der Waals surface area (Å²) in [6.07, 6.45) is 0. The Morgan fingerprint density at radius 1 is 0.706 bits per heavy atom. The fraction of sp³-hybridized carbons (Fsp3) is 0.310. The average molecular weight is 454 g/mol. The zero-order valence-corrected chi connectivity index (χ0v) is 19.6. The molecule has 0 bridgehead atoms. The lowest BCUT2D eigenvalue weighted by molar-refractivity contribution is -0.135. The molecule has 2 amide bonds. The van der Waals surface area contributed by atoms with Crippen molar-refractivity contribution in [1.82, 2.24) is 9.80 Å². The van der Waals surface area contributed by atoms with E-state index in [1.165, 1.54) is 11.3 Å². The van der Waals surface area contributed by atoms with Crippen molar-refractivity contribution < 1.29 is 9.59 Å². The van der Waals surface area contributed by atoms with Gasteiger partial charge >= 0.3 is 0 Å². The Hall–Kier alpha value is -3.60. The number of para-hydroxylation sites is 1. The first-order valence-corrected chi connectivity index (χ1v) is 12.1. The highest BCUT2D eigenvalue weighted by atomic mass is 16.2. The molecule has 2 heterocycles. The Morgan fingerprint density at radius 2 is 1.32 bits per heavy atom. The number of piperazine rings is 1. The van der Waals surface area contributed by atoms with E-state index in [4.69, 9.17) is 0 Å². The van der Waals surface area contributed by atoms with Crippen LogP contribution >= 0.6 is 0 Å². The summed E-state index contributed by atoms with van der Waals surface area (Å²) in [5.41, 5.74) is 4.31. The monoisotopic (exact) mass is 453 g/mol. The molecular weight excluding hydrogens is 422 g/mol. The molecular formula is C29H31N3O2. The Balaban J connectivity index is 1.32. The molecule has 0 saturated carbocycles. The fourth-order valence-electron chi connectivity index (χ4n) is 5.34. The van der Waals surface area contributed by atoms with Crippen LogP contribution in [0.5, 0.6) is 0 Å². The molecule has 5 nitrogen and oxygen atoms in total. The SMILES string of the molecule is Cc1ccccc1N1CCN(C(=O)C2CN(C(=O)c3ccccc3)CC2c2ccccc2)CC1. The largest absolute Gasteiger partial charge is 0.368 e. The van der Waals surface area contributed by atoms with Crippen LogP contribution in [-0.4, -0.2) is 60.9 Å². The third-order valence-electron chi connectivity index (χ3n) is 7.22. The first-order valence-electron chi connectivity index (χ1n) is 12.1. The number of aryl methyl sites for hydroxylation is 1. The third-order valence-corrected chi connectivity index (χ3v) is 7.22. The van der Waals surface area contributed by atoms with Crippen LogP contribution in [0.3, 0.4) is 0 Å². The quantitative estimate of drug-likeness (QED) is 0.595. The van der Waals surface area contributed by atoms with Crippen LogP contribution in [0.4, 0.5) is 5.69 Å². The maximum absolute atomic E-state index is 13.8. The second kappa shape index (κ2) is 9.72. The van der Waals surface area contributed by atoms with Gasteiger partial charge in [0.2, 0.25) is 5.91 Å². The lowest BCUT2D eigenvalue weighted by atomic mass is 9.88. The van der Waals surface area contributed by atoms with Crippen LogP contribution < -0.4 is 4.90 Å². The maximum atomic E-state index is 13.8. The predicted molar refractivity (Wildman–Crippen MR) is 135 cm³/mol. The number of carbonyl (C=O) groups is 2. The van der Waals surface area contributed by atoms with E-state index in [1.54, 1.807) is 0 Å². The summed E-state index contributed by atoms with van der Waals surface area (Å²) in [7, 11) is 0. The van der Waals surface area contributed by atoms with Gasteiger partial charge in [0.15, 0.2) is 0 Å². The van der Waals surface area contributed by atoms with Crippen LogP contribution in [0.1, 0.15) is 27.4 Å². The summed E-state index contributed by atoms with van der Waals surface area (Å²) < 4.78 is 0. The highest BCUT2D eigenvalue weighted by Crippen LogP contribution is 2.35. The molecule has 2 saturated heterocycles. The van der Waals surface area contributed by atoms with Crippen LogP contribution in [0.15, 0.2) is 84.9 Å². The number of carbonyl (C=O) groups excluding carboxylic acids is 2. The van der Waals surface area contributed by atoms with Gasteiger partial charge in [0, 0.05) is 56.4 Å². The van der Waals surface area contributed by atoms with Crippen LogP contribution in [-0.2, 0) is 4.79 Å². The van der Waals surface area contributed by atoms with E-state index < -0.39 is 0 Å². The summed E-state index contributed by atoms with van der Waals surface area (Å²) >= 11 is 0.